The molecule has 0 aromatic heterocycles. The average molecular weight is 313 g/mol. The SMILES string of the molecule is C[C@H](C(=O)O)[C@H](CC(=O)OC(C)(C)C)c1ccc(Cl)cc1. The smallest absolute Gasteiger partial charge is 0.306 e. The van der Waals surface area contributed by atoms with Crippen LogP contribution in [0.2, 0.25) is 5.02 Å². The fourth-order valence-electron chi connectivity index (χ4n) is 2.03. The molecule has 1 aromatic rings. The Bertz CT molecular complexity index is 502. The number of aliphatic carboxylic acids is 1. The Balaban J connectivity index is 2.95. The van der Waals surface area contributed by atoms with E-state index in [1.807, 2.05) is 0 Å². The van der Waals surface area contributed by atoms with Crippen molar-refractivity contribution in [3.05, 3.63) is 34.9 Å². The molecule has 2 atom stereocenters. The van der Waals surface area contributed by atoms with Crippen LogP contribution in [0.1, 0.15) is 45.6 Å². The minimum Gasteiger partial charge on any atom is -0.481 e. The van der Waals surface area contributed by atoms with E-state index in [-0.39, 0.29) is 6.42 Å². The maximum absolute atomic E-state index is 12.0. The van der Waals surface area contributed by atoms with Crippen LogP contribution in [-0.2, 0) is 14.3 Å². The normalized spacial score (nSPS) is 14.3. The van der Waals surface area contributed by atoms with Crippen molar-refractivity contribution in [2.24, 2.45) is 5.92 Å². The monoisotopic (exact) mass is 312 g/mol. The summed E-state index contributed by atoms with van der Waals surface area (Å²) in [5.41, 5.74) is 0.175. The molecule has 116 valence electrons. The van der Waals surface area contributed by atoms with Gasteiger partial charge in [-0.3, -0.25) is 9.59 Å². The quantitative estimate of drug-likeness (QED) is 0.838. The van der Waals surface area contributed by atoms with Gasteiger partial charge in [-0.25, -0.2) is 0 Å². The van der Waals surface area contributed by atoms with E-state index in [4.69, 9.17) is 16.3 Å². The number of carboxylic acids is 1. The number of carbonyl (C=O) groups excluding carboxylic acids is 1. The number of hydrogen-bond donors (Lipinski definition) is 1. The molecule has 0 heterocycles. The first kappa shape index (κ1) is 17.5. The molecule has 0 unspecified atom stereocenters. The fraction of sp³-hybridized carbons (Fsp3) is 0.500. The minimum atomic E-state index is -0.946. The Labute approximate surface area is 130 Å². The fourth-order valence-corrected chi connectivity index (χ4v) is 2.15. The Kier molecular flexibility index (Phi) is 5.78. The van der Waals surface area contributed by atoms with Crippen molar-refractivity contribution in [3.8, 4) is 0 Å². The van der Waals surface area contributed by atoms with Crippen molar-refractivity contribution in [1.82, 2.24) is 0 Å². The molecule has 0 spiro atoms. The summed E-state index contributed by atoms with van der Waals surface area (Å²) in [5.74, 6) is -2.50. The topological polar surface area (TPSA) is 63.6 Å². The van der Waals surface area contributed by atoms with Crippen molar-refractivity contribution in [2.75, 3.05) is 0 Å². The molecule has 5 heteroatoms. The van der Waals surface area contributed by atoms with Crippen LogP contribution >= 0.6 is 11.6 Å². The second kappa shape index (κ2) is 6.94. The van der Waals surface area contributed by atoms with E-state index in [1.54, 1.807) is 52.0 Å². The molecule has 4 nitrogen and oxygen atoms in total. The van der Waals surface area contributed by atoms with Crippen LogP contribution in [0.5, 0.6) is 0 Å². The number of carboxylic acid groups (broad SMARTS) is 1. The Morgan fingerprint density at radius 2 is 1.76 bits per heavy atom. The van der Waals surface area contributed by atoms with E-state index in [9.17, 15) is 14.7 Å². The number of carbonyl (C=O) groups is 2. The molecule has 0 aliphatic carbocycles. The van der Waals surface area contributed by atoms with Crippen LogP contribution in [0.4, 0.5) is 0 Å². The molecular weight excluding hydrogens is 292 g/mol. The van der Waals surface area contributed by atoms with Gasteiger partial charge in [0.25, 0.3) is 0 Å². The Morgan fingerprint density at radius 3 is 2.19 bits per heavy atom. The molecule has 21 heavy (non-hydrogen) atoms. The average Bonchev–Trinajstić information content (AvgIpc) is 2.34. The molecule has 0 saturated heterocycles. The van der Waals surface area contributed by atoms with Crippen molar-refractivity contribution in [2.45, 2.75) is 45.6 Å². The van der Waals surface area contributed by atoms with Gasteiger partial charge in [0.2, 0.25) is 0 Å². The summed E-state index contributed by atoms with van der Waals surface area (Å²) in [4.78, 5) is 23.3. The zero-order valence-corrected chi connectivity index (χ0v) is 13.5. The van der Waals surface area contributed by atoms with Crippen LogP contribution in [-0.4, -0.2) is 22.6 Å². The van der Waals surface area contributed by atoms with Crippen molar-refractivity contribution in [3.63, 3.8) is 0 Å². The molecule has 1 aromatic carbocycles. The summed E-state index contributed by atoms with van der Waals surface area (Å²) in [5, 5.41) is 9.80. The van der Waals surface area contributed by atoms with Gasteiger partial charge >= 0.3 is 11.9 Å². The summed E-state index contributed by atoms with van der Waals surface area (Å²) >= 11 is 5.84. The van der Waals surface area contributed by atoms with Gasteiger partial charge < -0.3 is 9.84 Å². The molecule has 1 rings (SSSR count). The van der Waals surface area contributed by atoms with Crippen LogP contribution < -0.4 is 0 Å². The van der Waals surface area contributed by atoms with Gasteiger partial charge in [-0.15, -0.1) is 0 Å². The van der Waals surface area contributed by atoms with Gasteiger partial charge in [-0.1, -0.05) is 30.7 Å². The highest BCUT2D eigenvalue weighted by Gasteiger charge is 2.29. The van der Waals surface area contributed by atoms with E-state index in [0.29, 0.717) is 5.02 Å². The van der Waals surface area contributed by atoms with Crippen LogP contribution in [0, 0.1) is 5.92 Å². The van der Waals surface area contributed by atoms with Crippen LogP contribution in [0.25, 0.3) is 0 Å². The lowest BCUT2D eigenvalue weighted by Gasteiger charge is -2.24. The third-order valence-corrected chi connectivity index (χ3v) is 3.35. The number of rotatable bonds is 5. The summed E-state index contributed by atoms with van der Waals surface area (Å²) < 4.78 is 5.29. The van der Waals surface area contributed by atoms with Gasteiger partial charge in [-0.05, 0) is 38.5 Å². The van der Waals surface area contributed by atoms with E-state index < -0.39 is 29.4 Å². The first-order valence-corrected chi connectivity index (χ1v) is 7.18. The maximum atomic E-state index is 12.0. The van der Waals surface area contributed by atoms with Crippen molar-refractivity contribution in [1.29, 1.82) is 0 Å². The zero-order chi connectivity index (χ0) is 16.2. The second-order valence-electron chi connectivity index (χ2n) is 6.08. The van der Waals surface area contributed by atoms with Gasteiger partial charge in [0.05, 0.1) is 12.3 Å². The van der Waals surface area contributed by atoms with Crippen LogP contribution in [0.3, 0.4) is 0 Å². The number of esters is 1. The van der Waals surface area contributed by atoms with Gasteiger partial charge in [-0.2, -0.15) is 0 Å². The standard InChI is InChI=1S/C16H21ClO4/c1-10(15(19)20)13(9-14(18)21-16(2,3)4)11-5-7-12(17)8-6-11/h5-8,10,13H,9H2,1-4H3,(H,19,20)/t10-,13-/m0/s1. The Morgan fingerprint density at radius 1 is 1.24 bits per heavy atom. The molecule has 0 fully saturated rings. The molecular formula is C16H21ClO4. The molecule has 0 saturated carbocycles. The molecule has 0 aliphatic heterocycles. The third-order valence-electron chi connectivity index (χ3n) is 3.10. The highest BCUT2D eigenvalue weighted by Crippen LogP contribution is 2.30. The zero-order valence-electron chi connectivity index (χ0n) is 12.7. The van der Waals surface area contributed by atoms with Gasteiger partial charge in [0.15, 0.2) is 0 Å². The first-order chi connectivity index (χ1) is 9.60. The van der Waals surface area contributed by atoms with Crippen molar-refractivity contribution < 1.29 is 19.4 Å². The summed E-state index contributed by atoms with van der Waals surface area (Å²) in [6.07, 6.45) is 0.0202. The molecule has 0 aliphatic rings. The predicted octanol–water partition coefficient (Wildman–Crippen LogP) is 3.88. The number of ether oxygens (including phenoxy) is 1. The number of benzene rings is 1. The molecule has 0 radical (unpaired) electrons. The highest BCUT2D eigenvalue weighted by molar-refractivity contribution is 6.30. The van der Waals surface area contributed by atoms with E-state index >= 15 is 0 Å². The van der Waals surface area contributed by atoms with Gasteiger partial charge in [0, 0.05) is 10.9 Å². The lowest BCUT2D eigenvalue weighted by Crippen LogP contribution is -2.27. The summed E-state index contributed by atoms with van der Waals surface area (Å²) in [6, 6.07) is 6.87. The predicted molar refractivity (Wildman–Crippen MR) is 81.5 cm³/mol. The highest BCUT2D eigenvalue weighted by atomic mass is 35.5. The van der Waals surface area contributed by atoms with Crippen molar-refractivity contribution >= 4 is 23.5 Å². The molecule has 1 N–H and O–H groups in total. The number of hydrogen-bond acceptors (Lipinski definition) is 3. The van der Waals surface area contributed by atoms with E-state index in [0.717, 1.165) is 5.56 Å². The minimum absolute atomic E-state index is 0.0202. The van der Waals surface area contributed by atoms with Gasteiger partial charge in [0.1, 0.15) is 5.60 Å². The summed E-state index contributed by atoms with van der Waals surface area (Å²) in [7, 11) is 0. The number of halogens is 1. The lowest BCUT2D eigenvalue weighted by molar-refractivity contribution is -0.156. The van der Waals surface area contributed by atoms with E-state index in [2.05, 4.69) is 0 Å². The van der Waals surface area contributed by atoms with E-state index in [1.165, 1.54) is 0 Å². The Hall–Kier alpha value is -1.55. The first-order valence-electron chi connectivity index (χ1n) is 6.80. The third kappa shape index (κ3) is 5.76. The summed E-state index contributed by atoms with van der Waals surface area (Å²) in [6.45, 7) is 6.93. The lowest BCUT2D eigenvalue weighted by atomic mass is 9.84. The maximum Gasteiger partial charge on any atom is 0.306 e. The molecule has 0 amide bonds. The van der Waals surface area contributed by atoms with Crippen LogP contribution in [0.15, 0.2) is 24.3 Å². The second-order valence-corrected chi connectivity index (χ2v) is 6.51. The largest absolute Gasteiger partial charge is 0.481 e. The molecule has 0 bridgehead atoms.